The number of hydrogen-bond donors (Lipinski definition) is 2. The molecule has 118 valence electrons. The van der Waals surface area contributed by atoms with E-state index in [0.717, 1.165) is 38.0 Å². The molecular weight excluding hydrogens is 278 g/mol. The van der Waals surface area contributed by atoms with Crippen LogP contribution in [0.4, 0.5) is 10.5 Å². The fourth-order valence-electron chi connectivity index (χ4n) is 2.98. The van der Waals surface area contributed by atoms with Gasteiger partial charge in [-0.15, -0.1) is 0 Å². The predicted molar refractivity (Wildman–Crippen MR) is 86.8 cm³/mol. The summed E-state index contributed by atoms with van der Waals surface area (Å²) in [5, 5.41) is 12.6. The Labute approximate surface area is 131 Å². The number of aliphatic hydroxyl groups is 1. The zero-order valence-electron chi connectivity index (χ0n) is 12.7. The van der Waals surface area contributed by atoms with Gasteiger partial charge in [0.1, 0.15) is 0 Å². The molecule has 2 aliphatic heterocycles. The summed E-state index contributed by atoms with van der Waals surface area (Å²) in [4.78, 5) is 16.1. The number of anilines is 1. The number of carbonyl (C=O) groups is 1. The van der Waals surface area contributed by atoms with Crippen molar-refractivity contribution in [2.75, 3.05) is 31.1 Å². The summed E-state index contributed by atoms with van der Waals surface area (Å²) in [7, 11) is 0. The molecule has 0 aliphatic carbocycles. The number of piperidine rings is 1. The summed E-state index contributed by atoms with van der Waals surface area (Å²) in [6, 6.07) is 8.18. The monoisotopic (exact) mass is 301 g/mol. The van der Waals surface area contributed by atoms with Gasteiger partial charge in [0.05, 0.1) is 6.10 Å². The maximum Gasteiger partial charge on any atom is 0.317 e. The van der Waals surface area contributed by atoms with E-state index in [0.29, 0.717) is 13.1 Å². The molecule has 1 unspecified atom stereocenters. The van der Waals surface area contributed by atoms with Gasteiger partial charge in [0, 0.05) is 38.4 Å². The van der Waals surface area contributed by atoms with Gasteiger partial charge in [-0.2, -0.15) is 0 Å². The van der Waals surface area contributed by atoms with Crippen LogP contribution in [0.2, 0.25) is 0 Å². The number of likely N-dealkylation sites (tertiary alicyclic amines) is 1. The minimum absolute atomic E-state index is 0.0907. The van der Waals surface area contributed by atoms with Crippen molar-refractivity contribution in [3.8, 4) is 0 Å². The Bertz CT molecular complexity index is 551. The molecule has 2 N–H and O–H groups in total. The van der Waals surface area contributed by atoms with Gasteiger partial charge in [-0.1, -0.05) is 24.3 Å². The first-order valence-corrected chi connectivity index (χ1v) is 7.92. The van der Waals surface area contributed by atoms with Crippen LogP contribution in [0.15, 0.2) is 36.4 Å². The van der Waals surface area contributed by atoms with E-state index in [1.165, 1.54) is 5.69 Å². The van der Waals surface area contributed by atoms with Crippen LogP contribution in [0.1, 0.15) is 18.4 Å². The van der Waals surface area contributed by atoms with Crippen molar-refractivity contribution in [1.29, 1.82) is 0 Å². The molecule has 0 bridgehead atoms. The molecule has 2 heterocycles. The summed E-state index contributed by atoms with van der Waals surface area (Å²) in [5.74, 6) is 0. The van der Waals surface area contributed by atoms with E-state index in [1.54, 1.807) is 4.90 Å². The van der Waals surface area contributed by atoms with E-state index < -0.39 is 0 Å². The lowest BCUT2D eigenvalue weighted by molar-refractivity contribution is 0.0842. The van der Waals surface area contributed by atoms with Gasteiger partial charge >= 0.3 is 6.03 Å². The highest BCUT2D eigenvalue weighted by Crippen LogP contribution is 2.18. The van der Waals surface area contributed by atoms with Crippen LogP contribution in [0.25, 0.3) is 0 Å². The third-order valence-electron chi connectivity index (χ3n) is 4.22. The number of nitrogens with one attached hydrogen (secondary N) is 1. The van der Waals surface area contributed by atoms with Crippen LogP contribution in [-0.4, -0.2) is 48.3 Å². The highest BCUT2D eigenvalue weighted by atomic mass is 16.3. The average Bonchev–Trinajstić information content (AvgIpc) is 3.07. The van der Waals surface area contributed by atoms with Crippen LogP contribution in [0, 0.1) is 0 Å². The van der Waals surface area contributed by atoms with Crippen molar-refractivity contribution in [3.63, 3.8) is 0 Å². The second kappa shape index (κ2) is 6.83. The Morgan fingerprint density at radius 1 is 1.32 bits per heavy atom. The number of urea groups is 1. The largest absolute Gasteiger partial charge is 0.391 e. The van der Waals surface area contributed by atoms with E-state index in [9.17, 15) is 9.90 Å². The first-order chi connectivity index (χ1) is 10.7. The van der Waals surface area contributed by atoms with Crippen molar-refractivity contribution < 1.29 is 9.90 Å². The second-order valence-corrected chi connectivity index (χ2v) is 5.95. The smallest absolute Gasteiger partial charge is 0.317 e. The Balaban J connectivity index is 1.54. The SMILES string of the molecule is O=C(NCc1cccc(N2CC=CC2)c1)N1CCCC(O)C1. The summed E-state index contributed by atoms with van der Waals surface area (Å²) < 4.78 is 0. The minimum atomic E-state index is -0.384. The molecule has 0 spiro atoms. The Morgan fingerprint density at radius 3 is 2.91 bits per heavy atom. The van der Waals surface area contributed by atoms with Gasteiger partial charge in [0.25, 0.3) is 0 Å². The molecule has 0 aromatic heterocycles. The number of amides is 2. The van der Waals surface area contributed by atoms with Crippen LogP contribution in [0.3, 0.4) is 0 Å². The standard InChI is InChI=1S/C17H23N3O2/c21-16-7-4-10-20(13-16)17(22)18-12-14-5-3-6-15(11-14)19-8-1-2-9-19/h1-3,5-6,11,16,21H,4,7-10,12-13H2,(H,18,22). The normalized spacial score (nSPS) is 21.2. The third kappa shape index (κ3) is 3.60. The van der Waals surface area contributed by atoms with Crippen molar-refractivity contribution in [3.05, 3.63) is 42.0 Å². The predicted octanol–water partition coefficient (Wildman–Crippen LogP) is 1.73. The molecule has 1 atom stereocenters. The minimum Gasteiger partial charge on any atom is -0.391 e. The van der Waals surface area contributed by atoms with Gasteiger partial charge in [0.15, 0.2) is 0 Å². The summed E-state index contributed by atoms with van der Waals surface area (Å²) in [6.07, 6.45) is 5.60. The molecule has 1 fully saturated rings. The highest BCUT2D eigenvalue weighted by Gasteiger charge is 2.21. The maximum absolute atomic E-state index is 12.1. The molecule has 2 aliphatic rings. The number of carbonyl (C=O) groups excluding carboxylic acids is 1. The number of rotatable bonds is 3. The molecule has 3 rings (SSSR count). The van der Waals surface area contributed by atoms with Gasteiger partial charge in [-0.3, -0.25) is 0 Å². The van der Waals surface area contributed by atoms with E-state index >= 15 is 0 Å². The Hall–Kier alpha value is -2.01. The van der Waals surface area contributed by atoms with Crippen LogP contribution in [0.5, 0.6) is 0 Å². The zero-order chi connectivity index (χ0) is 15.4. The summed E-state index contributed by atoms with van der Waals surface area (Å²) in [6.45, 7) is 3.57. The van der Waals surface area contributed by atoms with Crippen molar-refractivity contribution in [1.82, 2.24) is 10.2 Å². The van der Waals surface area contributed by atoms with Crippen LogP contribution >= 0.6 is 0 Å². The maximum atomic E-state index is 12.1. The lowest BCUT2D eigenvalue weighted by Gasteiger charge is -2.30. The number of hydrogen-bond acceptors (Lipinski definition) is 3. The quantitative estimate of drug-likeness (QED) is 0.836. The molecule has 1 saturated heterocycles. The first-order valence-electron chi connectivity index (χ1n) is 7.92. The van der Waals surface area contributed by atoms with E-state index in [1.807, 2.05) is 12.1 Å². The fraction of sp³-hybridized carbons (Fsp3) is 0.471. The first kappa shape index (κ1) is 14.9. The Morgan fingerprint density at radius 2 is 2.14 bits per heavy atom. The van der Waals surface area contributed by atoms with Gasteiger partial charge in [0.2, 0.25) is 0 Å². The van der Waals surface area contributed by atoms with E-state index in [2.05, 4.69) is 34.5 Å². The molecule has 2 amide bonds. The van der Waals surface area contributed by atoms with Gasteiger partial charge in [-0.05, 0) is 30.5 Å². The van der Waals surface area contributed by atoms with E-state index in [-0.39, 0.29) is 12.1 Å². The lowest BCUT2D eigenvalue weighted by Crippen LogP contribution is -2.46. The topological polar surface area (TPSA) is 55.8 Å². The van der Waals surface area contributed by atoms with Crippen LogP contribution < -0.4 is 10.2 Å². The Kier molecular flexibility index (Phi) is 4.63. The van der Waals surface area contributed by atoms with E-state index in [4.69, 9.17) is 0 Å². The fourth-order valence-corrected chi connectivity index (χ4v) is 2.98. The summed E-state index contributed by atoms with van der Waals surface area (Å²) in [5.41, 5.74) is 2.28. The molecule has 0 radical (unpaired) electrons. The van der Waals surface area contributed by atoms with Crippen LogP contribution in [-0.2, 0) is 6.54 Å². The molecule has 1 aromatic carbocycles. The molecule has 5 heteroatoms. The number of aliphatic hydroxyl groups excluding tert-OH is 1. The molecule has 0 saturated carbocycles. The second-order valence-electron chi connectivity index (χ2n) is 5.95. The molecule has 5 nitrogen and oxygen atoms in total. The van der Waals surface area contributed by atoms with Crippen molar-refractivity contribution >= 4 is 11.7 Å². The molecular formula is C17H23N3O2. The van der Waals surface area contributed by atoms with Crippen molar-refractivity contribution in [2.24, 2.45) is 0 Å². The molecule has 1 aromatic rings. The molecule has 22 heavy (non-hydrogen) atoms. The number of benzene rings is 1. The van der Waals surface area contributed by atoms with Gasteiger partial charge in [-0.25, -0.2) is 4.79 Å². The number of nitrogens with zero attached hydrogens (tertiary/aromatic N) is 2. The lowest BCUT2D eigenvalue weighted by atomic mass is 10.1. The average molecular weight is 301 g/mol. The highest BCUT2D eigenvalue weighted by molar-refractivity contribution is 5.74. The van der Waals surface area contributed by atoms with Gasteiger partial charge < -0.3 is 20.2 Å². The number of β-amino-alcohol motifs (C(OH)–C–C–N with tert-alkyl or cyclic N) is 1. The third-order valence-corrected chi connectivity index (χ3v) is 4.22. The zero-order valence-corrected chi connectivity index (χ0v) is 12.7. The summed E-state index contributed by atoms with van der Waals surface area (Å²) >= 11 is 0. The van der Waals surface area contributed by atoms with Crippen molar-refractivity contribution in [2.45, 2.75) is 25.5 Å².